The minimum atomic E-state index is -4.32. The fraction of sp³-hybridized carbons (Fsp3) is 0.562. The molecule has 3 nitrogen and oxygen atoms in total. The van der Waals surface area contributed by atoms with Crippen molar-refractivity contribution in [2.75, 3.05) is 13.1 Å². The summed E-state index contributed by atoms with van der Waals surface area (Å²) in [6.45, 7) is 3.22. The Morgan fingerprint density at radius 1 is 1.36 bits per heavy atom. The fourth-order valence-corrected chi connectivity index (χ4v) is 2.65. The predicted octanol–water partition coefficient (Wildman–Crippen LogP) is 3.19. The number of hydrogen-bond acceptors (Lipinski definition) is 3. The molecule has 0 bridgehead atoms. The Morgan fingerprint density at radius 3 is 2.59 bits per heavy atom. The summed E-state index contributed by atoms with van der Waals surface area (Å²) in [5.41, 5.74) is 1.96. The van der Waals surface area contributed by atoms with Gasteiger partial charge in [0.1, 0.15) is 6.10 Å². The summed E-state index contributed by atoms with van der Waals surface area (Å²) in [5, 5.41) is 3.29. The quantitative estimate of drug-likeness (QED) is 0.848. The van der Waals surface area contributed by atoms with E-state index >= 15 is 0 Å². The molecule has 0 saturated carbocycles. The first-order valence-corrected chi connectivity index (χ1v) is 7.39. The van der Waals surface area contributed by atoms with E-state index in [2.05, 4.69) is 5.32 Å². The highest BCUT2D eigenvalue weighted by atomic mass is 19.4. The third kappa shape index (κ3) is 5.33. The Morgan fingerprint density at radius 2 is 2.05 bits per heavy atom. The Kier molecular flexibility index (Phi) is 5.45. The fourth-order valence-electron chi connectivity index (χ4n) is 2.65. The Bertz CT molecular complexity index is 493. The van der Waals surface area contributed by atoms with Gasteiger partial charge in [-0.05, 0) is 36.9 Å². The van der Waals surface area contributed by atoms with Gasteiger partial charge < -0.3 is 10.1 Å². The monoisotopic (exact) mass is 315 g/mol. The van der Waals surface area contributed by atoms with Crippen LogP contribution in [-0.4, -0.2) is 31.3 Å². The number of alkyl halides is 3. The molecule has 0 amide bonds. The molecule has 1 saturated heterocycles. The van der Waals surface area contributed by atoms with Gasteiger partial charge in [0.25, 0.3) is 0 Å². The molecule has 1 fully saturated rings. The molecule has 0 aliphatic carbocycles. The lowest BCUT2D eigenvalue weighted by Crippen LogP contribution is -2.23. The number of carbonyl (C=O) groups is 1. The van der Waals surface area contributed by atoms with Crippen LogP contribution in [0.3, 0.4) is 0 Å². The number of esters is 1. The van der Waals surface area contributed by atoms with Crippen LogP contribution in [0.1, 0.15) is 36.8 Å². The maximum atomic E-state index is 12.2. The third-order valence-electron chi connectivity index (χ3n) is 3.71. The van der Waals surface area contributed by atoms with Crippen molar-refractivity contribution in [3.63, 3.8) is 0 Å². The highest BCUT2D eigenvalue weighted by Crippen LogP contribution is 2.24. The molecule has 0 aromatic heterocycles. The largest absolute Gasteiger partial charge is 0.462 e. The van der Waals surface area contributed by atoms with E-state index in [-0.39, 0.29) is 6.42 Å². The summed E-state index contributed by atoms with van der Waals surface area (Å²) in [4.78, 5) is 11.7. The van der Waals surface area contributed by atoms with Gasteiger partial charge in [0.05, 0.1) is 12.8 Å². The second kappa shape index (κ2) is 7.13. The predicted molar refractivity (Wildman–Crippen MR) is 76.6 cm³/mol. The van der Waals surface area contributed by atoms with Crippen LogP contribution in [-0.2, 0) is 16.0 Å². The van der Waals surface area contributed by atoms with Crippen molar-refractivity contribution in [1.29, 1.82) is 0 Å². The zero-order valence-corrected chi connectivity index (χ0v) is 12.5. The highest BCUT2D eigenvalue weighted by Gasteiger charge is 2.31. The van der Waals surface area contributed by atoms with Gasteiger partial charge in [-0.3, -0.25) is 4.79 Å². The van der Waals surface area contributed by atoms with E-state index in [1.165, 1.54) is 12.5 Å². The van der Waals surface area contributed by atoms with Crippen molar-refractivity contribution in [1.82, 2.24) is 5.32 Å². The normalized spacial score (nSPS) is 19.9. The molecule has 22 heavy (non-hydrogen) atoms. The molecule has 1 aliphatic heterocycles. The van der Waals surface area contributed by atoms with Gasteiger partial charge in [-0.2, -0.15) is 13.2 Å². The lowest BCUT2D eigenvalue weighted by molar-refractivity contribution is -0.169. The van der Waals surface area contributed by atoms with Gasteiger partial charge in [0, 0.05) is 6.54 Å². The number of halogens is 3. The van der Waals surface area contributed by atoms with Crippen LogP contribution in [0.4, 0.5) is 13.2 Å². The van der Waals surface area contributed by atoms with Crippen LogP contribution >= 0.6 is 0 Å². The zero-order chi connectivity index (χ0) is 16.2. The third-order valence-corrected chi connectivity index (χ3v) is 3.71. The van der Waals surface area contributed by atoms with E-state index in [0.29, 0.717) is 5.92 Å². The number of benzene rings is 1. The van der Waals surface area contributed by atoms with Crippen molar-refractivity contribution >= 4 is 5.97 Å². The number of nitrogens with one attached hydrogen (secondary N) is 1. The van der Waals surface area contributed by atoms with Crippen LogP contribution < -0.4 is 5.32 Å². The van der Waals surface area contributed by atoms with E-state index in [1.54, 1.807) is 0 Å². The second-order valence-electron chi connectivity index (χ2n) is 5.73. The van der Waals surface area contributed by atoms with E-state index in [4.69, 9.17) is 4.74 Å². The summed E-state index contributed by atoms with van der Waals surface area (Å²) in [6, 6.07) is 7.62. The lowest BCUT2D eigenvalue weighted by atomic mass is 9.97. The van der Waals surface area contributed by atoms with E-state index < -0.39 is 24.7 Å². The first-order chi connectivity index (χ1) is 10.3. The van der Waals surface area contributed by atoms with E-state index in [1.807, 2.05) is 24.3 Å². The molecule has 122 valence electrons. The van der Waals surface area contributed by atoms with Crippen LogP contribution in [0.2, 0.25) is 0 Å². The Balaban J connectivity index is 1.83. The second-order valence-corrected chi connectivity index (χ2v) is 5.73. The molecule has 2 unspecified atom stereocenters. The number of hydrogen-bond donors (Lipinski definition) is 1. The average molecular weight is 315 g/mol. The Labute approximate surface area is 127 Å². The molecule has 1 heterocycles. The first kappa shape index (κ1) is 16.8. The van der Waals surface area contributed by atoms with Crippen LogP contribution in [0.5, 0.6) is 0 Å². The molecule has 1 aromatic carbocycles. The number of ether oxygens (including phenoxy) is 1. The average Bonchev–Trinajstić information content (AvgIpc) is 2.90. The lowest BCUT2D eigenvalue weighted by Gasteiger charge is -2.15. The molecule has 2 rings (SSSR count). The minimum Gasteiger partial charge on any atom is -0.462 e. The van der Waals surface area contributed by atoms with Crippen LogP contribution in [0, 0.1) is 0 Å². The van der Waals surface area contributed by atoms with Crippen molar-refractivity contribution < 1.29 is 22.7 Å². The standard InChI is InChI=1S/C16H20F3NO2/c1-11(9-16(17,18)19)22-15(21)8-12-2-4-13(5-3-12)14-6-7-20-10-14/h2-5,11,14,20H,6-10H2,1H3. The first-order valence-electron chi connectivity index (χ1n) is 7.39. The van der Waals surface area contributed by atoms with Gasteiger partial charge in [0.2, 0.25) is 0 Å². The van der Waals surface area contributed by atoms with Crippen LogP contribution in [0.25, 0.3) is 0 Å². The molecule has 2 atom stereocenters. The molecule has 0 spiro atoms. The zero-order valence-electron chi connectivity index (χ0n) is 12.5. The molecule has 1 N–H and O–H groups in total. The topological polar surface area (TPSA) is 38.3 Å². The molecule has 0 radical (unpaired) electrons. The van der Waals surface area contributed by atoms with Crippen molar-refractivity contribution in [3.05, 3.63) is 35.4 Å². The van der Waals surface area contributed by atoms with Gasteiger partial charge in [-0.15, -0.1) is 0 Å². The van der Waals surface area contributed by atoms with E-state index in [9.17, 15) is 18.0 Å². The van der Waals surface area contributed by atoms with Crippen molar-refractivity contribution in [2.45, 2.75) is 44.4 Å². The molecule has 1 aliphatic rings. The summed E-state index contributed by atoms with van der Waals surface area (Å²) in [5.74, 6) is -0.139. The molecule has 1 aromatic rings. The van der Waals surface area contributed by atoms with Gasteiger partial charge >= 0.3 is 12.1 Å². The maximum absolute atomic E-state index is 12.2. The summed E-state index contributed by atoms with van der Waals surface area (Å²) in [6.07, 6.45) is -5.51. The van der Waals surface area contributed by atoms with Crippen molar-refractivity contribution in [3.8, 4) is 0 Å². The SMILES string of the molecule is CC(CC(F)(F)F)OC(=O)Cc1ccc(C2CCNC2)cc1. The highest BCUT2D eigenvalue weighted by molar-refractivity contribution is 5.72. The summed E-state index contributed by atoms with van der Waals surface area (Å²) >= 11 is 0. The van der Waals surface area contributed by atoms with Crippen molar-refractivity contribution in [2.24, 2.45) is 0 Å². The van der Waals surface area contributed by atoms with E-state index in [0.717, 1.165) is 25.1 Å². The van der Waals surface area contributed by atoms with Gasteiger partial charge in [-0.1, -0.05) is 24.3 Å². The molecular weight excluding hydrogens is 295 g/mol. The molecular formula is C16H20F3NO2. The number of rotatable bonds is 5. The van der Waals surface area contributed by atoms with Gasteiger partial charge in [-0.25, -0.2) is 0 Å². The molecule has 6 heteroatoms. The summed E-state index contributed by atoms with van der Waals surface area (Å²) < 4.78 is 41.3. The van der Waals surface area contributed by atoms with Crippen LogP contribution in [0.15, 0.2) is 24.3 Å². The Hall–Kier alpha value is -1.56. The smallest absolute Gasteiger partial charge is 0.392 e. The van der Waals surface area contributed by atoms with Gasteiger partial charge in [0.15, 0.2) is 0 Å². The maximum Gasteiger partial charge on any atom is 0.392 e. The number of carbonyl (C=O) groups excluding carboxylic acids is 1. The minimum absolute atomic E-state index is 0.00854. The summed E-state index contributed by atoms with van der Waals surface area (Å²) in [7, 11) is 0.